The zero-order chi connectivity index (χ0) is 19.8. The van der Waals surface area contributed by atoms with Crippen LogP contribution in [0.2, 0.25) is 0 Å². The quantitative estimate of drug-likeness (QED) is 0.574. The molecule has 0 bridgehead atoms. The highest BCUT2D eigenvalue weighted by Crippen LogP contribution is 2.19. The van der Waals surface area contributed by atoms with Crippen LogP contribution in [0.1, 0.15) is 18.9 Å². The molecule has 2 aromatic carbocycles. The summed E-state index contributed by atoms with van der Waals surface area (Å²) in [7, 11) is 0. The van der Waals surface area contributed by atoms with Crippen molar-refractivity contribution in [2.24, 2.45) is 0 Å². The van der Waals surface area contributed by atoms with Crippen molar-refractivity contribution in [2.75, 3.05) is 16.0 Å². The van der Waals surface area contributed by atoms with Gasteiger partial charge in [0.2, 0.25) is 11.8 Å². The van der Waals surface area contributed by atoms with Crippen LogP contribution in [0.15, 0.2) is 72.9 Å². The van der Waals surface area contributed by atoms with Gasteiger partial charge in [-0.1, -0.05) is 30.3 Å². The molecule has 0 radical (unpaired) electrons. The first kappa shape index (κ1) is 19.1. The lowest BCUT2D eigenvalue weighted by Gasteiger charge is -2.09. The first-order chi connectivity index (χ1) is 13.6. The summed E-state index contributed by atoms with van der Waals surface area (Å²) < 4.78 is 0. The van der Waals surface area contributed by atoms with E-state index in [1.807, 2.05) is 54.6 Å². The number of rotatable bonds is 7. The monoisotopic (exact) mass is 374 g/mol. The fourth-order valence-electron chi connectivity index (χ4n) is 2.66. The van der Waals surface area contributed by atoms with Gasteiger partial charge in [-0.25, -0.2) is 4.98 Å². The maximum atomic E-state index is 12.1. The van der Waals surface area contributed by atoms with Gasteiger partial charge in [0.15, 0.2) is 0 Å². The van der Waals surface area contributed by atoms with E-state index in [9.17, 15) is 9.59 Å². The van der Waals surface area contributed by atoms with E-state index in [2.05, 4.69) is 20.9 Å². The summed E-state index contributed by atoms with van der Waals surface area (Å²) in [5.41, 5.74) is 3.38. The van der Waals surface area contributed by atoms with Crippen LogP contribution in [-0.4, -0.2) is 16.8 Å². The molecule has 1 heterocycles. The minimum atomic E-state index is -0.108. The molecule has 0 fully saturated rings. The number of anilines is 4. The number of aromatic nitrogens is 1. The van der Waals surface area contributed by atoms with Gasteiger partial charge in [0, 0.05) is 24.7 Å². The summed E-state index contributed by atoms with van der Waals surface area (Å²) in [5.74, 6) is 0.512. The highest BCUT2D eigenvalue weighted by atomic mass is 16.2. The standard InChI is InChI=1S/C22H22N4O2/c1-16(27)24-18-8-10-19(11-9-18)25-21-13-12-20(15-23-21)26-22(28)14-7-17-5-3-2-4-6-17/h2-6,8-13,15H,7,14H2,1H3,(H,23,25)(H,24,27)(H,26,28). The van der Waals surface area contributed by atoms with Crippen LogP contribution < -0.4 is 16.0 Å². The van der Waals surface area contributed by atoms with E-state index in [1.54, 1.807) is 18.3 Å². The topological polar surface area (TPSA) is 83.1 Å². The van der Waals surface area contributed by atoms with Crippen molar-refractivity contribution < 1.29 is 9.59 Å². The zero-order valence-corrected chi connectivity index (χ0v) is 15.6. The zero-order valence-electron chi connectivity index (χ0n) is 15.6. The Bertz CT molecular complexity index is 923. The second-order valence-corrected chi connectivity index (χ2v) is 6.35. The maximum Gasteiger partial charge on any atom is 0.224 e. The van der Waals surface area contributed by atoms with Crippen molar-refractivity contribution in [3.63, 3.8) is 0 Å². The molecule has 0 saturated carbocycles. The number of nitrogens with zero attached hydrogens (tertiary/aromatic N) is 1. The molecule has 0 aliphatic carbocycles. The van der Waals surface area contributed by atoms with Crippen LogP contribution in [0.3, 0.4) is 0 Å². The van der Waals surface area contributed by atoms with Gasteiger partial charge >= 0.3 is 0 Å². The number of hydrogen-bond acceptors (Lipinski definition) is 4. The van der Waals surface area contributed by atoms with Crippen LogP contribution in [0.4, 0.5) is 22.9 Å². The number of hydrogen-bond donors (Lipinski definition) is 3. The van der Waals surface area contributed by atoms with Crippen molar-refractivity contribution in [1.82, 2.24) is 4.98 Å². The van der Waals surface area contributed by atoms with Crippen LogP contribution in [0.5, 0.6) is 0 Å². The molecule has 0 spiro atoms. The molecule has 0 atom stereocenters. The molecule has 2 amide bonds. The van der Waals surface area contributed by atoms with E-state index in [-0.39, 0.29) is 11.8 Å². The molecule has 6 nitrogen and oxygen atoms in total. The van der Waals surface area contributed by atoms with Crippen LogP contribution in [0, 0.1) is 0 Å². The maximum absolute atomic E-state index is 12.1. The molecule has 6 heteroatoms. The van der Waals surface area contributed by atoms with Gasteiger partial charge in [-0.05, 0) is 48.4 Å². The van der Waals surface area contributed by atoms with Crippen LogP contribution in [0.25, 0.3) is 0 Å². The van der Waals surface area contributed by atoms with Crippen molar-refractivity contribution in [1.29, 1.82) is 0 Å². The Kier molecular flexibility index (Phi) is 6.36. The Hall–Kier alpha value is -3.67. The minimum Gasteiger partial charge on any atom is -0.340 e. The average molecular weight is 374 g/mol. The SMILES string of the molecule is CC(=O)Nc1ccc(Nc2ccc(NC(=O)CCc3ccccc3)cn2)cc1. The molecule has 0 saturated heterocycles. The van der Waals surface area contributed by atoms with Crippen LogP contribution in [-0.2, 0) is 16.0 Å². The third-order valence-corrected chi connectivity index (χ3v) is 4.01. The summed E-state index contributed by atoms with van der Waals surface area (Å²) in [6.07, 6.45) is 2.74. The van der Waals surface area contributed by atoms with Gasteiger partial charge in [-0.2, -0.15) is 0 Å². The number of amides is 2. The Morgan fingerprint density at radius 2 is 1.50 bits per heavy atom. The lowest BCUT2D eigenvalue weighted by atomic mass is 10.1. The Balaban J connectivity index is 1.50. The Labute approximate surface area is 164 Å². The van der Waals surface area contributed by atoms with Crippen molar-refractivity contribution in [3.05, 3.63) is 78.5 Å². The van der Waals surface area contributed by atoms with E-state index < -0.39 is 0 Å². The van der Waals surface area contributed by atoms with E-state index in [4.69, 9.17) is 0 Å². The van der Waals surface area contributed by atoms with Gasteiger partial charge < -0.3 is 16.0 Å². The largest absolute Gasteiger partial charge is 0.340 e. The molecule has 3 aromatic rings. The number of pyridine rings is 1. The summed E-state index contributed by atoms with van der Waals surface area (Å²) in [4.78, 5) is 27.5. The highest BCUT2D eigenvalue weighted by molar-refractivity contribution is 5.91. The molecule has 0 aliphatic rings. The molecular weight excluding hydrogens is 352 g/mol. The first-order valence-corrected chi connectivity index (χ1v) is 9.03. The second kappa shape index (κ2) is 9.32. The van der Waals surface area contributed by atoms with Gasteiger partial charge in [0.05, 0.1) is 11.9 Å². The third-order valence-electron chi connectivity index (χ3n) is 4.01. The van der Waals surface area contributed by atoms with Gasteiger partial charge in [0.25, 0.3) is 0 Å². The molecular formula is C22H22N4O2. The predicted octanol–water partition coefficient (Wildman–Crippen LogP) is 4.35. The van der Waals surface area contributed by atoms with E-state index in [1.165, 1.54) is 6.92 Å². The third kappa shape index (κ3) is 5.95. The highest BCUT2D eigenvalue weighted by Gasteiger charge is 2.04. The van der Waals surface area contributed by atoms with E-state index >= 15 is 0 Å². The number of aryl methyl sites for hydroxylation is 1. The van der Waals surface area contributed by atoms with Gasteiger partial charge in [-0.3, -0.25) is 9.59 Å². The molecule has 1 aromatic heterocycles. The minimum absolute atomic E-state index is 0.0417. The summed E-state index contributed by atoms with van der Waals surface area (Å²) >= 11 is 0. The number of carbonyl (C=O) groups is 2. The average Bonchev–Trinajstić information content (AvgIpc) is 2.70. The smallest absolute Gasteiger partial charge is 0.224 e. The number of carbonyl (C=O) groups excluding carboxylic acids is 2. The van der Waals surface area contributed by atoms with Gasteiger partial charge in [-0.15, -0.1) is 0 Å². The summed E-state index contributed by atoms with van der Waals surface area (Å²) in [6.45, 7) is 1.47. The van der Waals surface area contributed by atoms with E-state index in [0.717, 1.165) is 16.9 Å². The van der Waals surface area contributed by atoms with Crippen LogP contribution >= 0.6 is 0 Å². The van der Waals surface area contributed by atoms with Crippen molar-refractivity contribution in [2.45, 2.75) is 19.8 Å². The lowest BCUT2D eigenvalue weighted by molar-refractivity contribution is -0.116. The normalized spacial score (nSPS) is 10.2. The molecule has 3 rings (SSSR count). The fourth-order valence-corrected chi connectivity index (χ4v) is 2.66. The molecule has 3 N–H and O–H groups in total. The first-order valence-electron chi connectivity index (χ1n) is 9.03. The predicted molar refractivity (Wildman–Crippen MR) is 112 cm³/mol. The van der Waals surface area contributed by atoms with Gasteiger partial charge in [0.1, 0.15) is 5.82 Å². The summed E-state index contributed by atoms with van der Waals surface area (Å²) in [6, 6.07) is 20.9. The fraction of sp³-hybridized carbons (Fsp3) is 0.136. The number of nitrogens with one attached hydrogen (secondary N) is 3. The molecule has 28 heavy (non-hydrogen) atoms. The lowest BCUT2D eigenvalue weighted by Crippen LogP contribution is -2.12. The van der Waals surface area contributed by atoms with E-state index in [0.29, 0.717) is 24.3 Å². The summed E-state index contributed by atoms with van der Waals surface area (Å²) in [5, 5.41) is 8.75. The molecule has 142 valence electrons. The number of benzene rings is 2. The molecule has 0 unspecified atom stereocenters. The molecule has 0 aliphatic heterocycles. The Morgan fingerprint density at radius 3 is 2.14 bits per heavy atom. The second-order valence-electron chi connectivity index (χ2n) is 6.35. The van der Waals surface area contributed by atoms with Crippen molar-refractivity contribution in [3.8, 4) is 0 Å². The Morgan fingerprint density at radius 1 is 0.821 bits per heavy atom. The van der Waals surface area contributed by atoms with Crippen molar-refractivity contribution >= 4 is 34.7 Å².